The van der Waals surface area contributed by atoms with Gasteiger partial charge in [0, 0.05) is 17.8 Å². The van der Waals surface area contributed by atoms with Crippen LogP contribution in [-0.4, -0.2) is 16.9 Å². The number of hydrogen-bond donors (Lipinski definition) is 1. The van der Waals surface area contributed by atoms with Gasteiger partial charge in [0.2, 0.25) is 0 Å². The van der Waals surface area contributed by atoms with Crippen LogP contribution in [0.5, 0.6) is 5.75 Å². The molecule has 0 radical (unpaired) electrons. The minimum absolute atomic E-state index is 0.108. The van der Waals surface area contributed by atoms with Gasteiger partial charge in [0.15, 0.2) is 0 Å². The number of hydrogen-bond acceptors (Lipinski definition) is 3. The Bertz CT molecular complexity index is 522. The standard InChI is InChI=1S/C12H14IN3O/c1-8(14)12-10(4-3-5-11(12)17-2)16-7-9(13)6-15-16/h3-8H,14H2,1-2H3/t8-/m1/s1. The van der Waals surface area contributed by atoms with Crippen molar-refractivity contribution in [3.63, 3.8) is 0 Å². The highest BCUT2D eigenvalue weighted by molar-refractivity contribution is 14.1. The summed E-state index contributed by atoms with van der Waals surface area (Å²) in [7, 11) is 1.65. The van der Waals surface area contributed by atoms with Gasteiger partial charge in [-0.1, -0.05) is 6.07 Å². The SMILES string of the molecule is COc1cccc(-n2cc(I)cn2)c1[C@@H](C)N. The molecule has 0 unspecified atom stereocenters. The Hall–Kier alpha value is -1.08. The fourth-order valence-electron chi connectivity index (χ4n) is 1.80. The molecule has 0 fully saturated rings. The lowest BCUT2D eigenvalue weighted by Crippen LogP contribution is -2.11. The van der Waals surface area contributed by atoms with Gasteiger partial charge in [0.25, 0.3) is 0 Å². The van der Waals surface area contributed by atoms with Crippen LogP contribution in [0.1, 0.15) is 18.5 Å². The van der Waals surface area contributed by atoms with Gasteiger partial charge < -0.3 is 10.5 Å². The van der Waals surface area contributed by atoms with Crippen molar-refractivity contribution in [1.82, 2.24) is 9.78 Å². The molecule has 0 saturated heterocycles. The van der Waals surface area contributed by atoms with Crippen LogP contribution < -0.4 is 10.5 Å². The van der Waals surface area contributed by atoms with Crippen molar-refractivity contribution < 1.29 is 4.74 Å². The lowest BCUT2D eigenvalue weighted by Gasteiger charge is -2.16. The Kier molecular flexibility index (Phi) is 3.68. The summed E-state index contributed by atoms with van der Waals surface area (Å²) in [6.45, 7) is 1.94. The molecule has 0 bridgehead atoms. The van der Waals surface area contributed by atoms with Crippen LogP contribution in [-0.2, 0) is 0 Å². The van der Waals surface area contributed by atoms with Gasteiger partial charge >= 0.3 is 0 Å². The van der Waals surface area contributed by atoms with Crippen molar-refractivity contribution in [2.75, 3.05) is 7.11 Å². The fraction of sp³-hybridized carbons (Fsp3) is 0.250. The molecule has 4 nitrogen and oxygen atoms in total. The number of methoxy groups -OCH3 is 1. The Labute approximate surface area is 114 Å². The van der Waals surface area contributed by atoms with Gasteiger partial charge in [-0.05, 0) is 41.6 Å². The van der Waals surface area contributed by atoms with Crippen molar-refractivity contribution in [2.45, 2.75) is 13.0 Å². The predicted octanol–water partition coefficient (Wildman–Crippen LogP) is 2.51. The number of rotatable bonds is 3. The van der Waals surface area contributed by atoms with Crippen molar-refractivity contribution in [3.8, 4) is 11.4 Å². The van der Waals surface area contributed by atoms with Crippen LogP contribution in [0.25, 0.3) is 5.69 Å². The second kappa shape index (κ2) is 5.05. The summed E-state index contributed by atoms with van der Waals surface area (Å²) >= 11 is 2.23. The maximum atomic E-state index is 6.01. The van der Waals surface area contributed by atoms with Gasteiger partial charge in [-0.3, -0.25) is 0 Å². The van der Waals surface area contributed by atoms with E-state index in [-0.39, 0.29) is 6.04 Å². The molecule has 2 rings (SSSR count). The molecule has 1 atom stereocenters. The van der Waals surface area contributed by atoms with E-state index in [1.165, 1.54) is 0 Å². The minimum Gasteiger partial charge on any atom is -0.496 e. The summed E-state index contributed by atoms with van der Waals surface area (Å²) in [5.41, 5.74) is 7.94. The van der Waals surface area contributed by atoms with Crippen molar-refractivity contribution in [2.24, 2.45) is 5.73 Å². The molecule has 1 heterocycles. The average Bonchev–Trinajstić information content (AvgIpc) is 2.74. The summed E-state index contributed by atoms with van der Waals surface area (Å²) < 4.78 is 8.26. The summed E-state index contributed by atoms with van der Waals surface area (Å²) in [6, 6.07) is 5.73. The average molecular weight is 343 g/mol. The monoisotopic (exact) mass is 343 g/mol. The molecule has 1 aromatic heterocycles. The zero-order valence-corrected chi connectivity index (χ0v) is 11.9. The van der Waals surface area contributed by atoms with Crippen LogP contribution in [0.2, 0.25) is 0 Å². The molecule has 0 amide bonds. The molecular weight excluding hydrogens is 329 g/mol. The second-order valence-electron chi connectivity index (χ2n) is 3.78. The molecule has 0 saturated carbocycles. The zero-order valence-electron chi connectivity index (χ0n) is 9.72. The second-order valence-corrected chi connectivity index (χ2v) is 5.03. The number of aromatic nitrogens is 2. The highest BCUT2D eigenvalue weighted by atomic mass is 127. The van der Waals surface area contributed by atoms with E-state index < -0.39 is 0 Å². The molecule has 0 spiro atoms. The third kappa shape index (κ3) is 2.44. The number of nitrogens with two attached hydrogens (primary N) is 1. The molecule has 90 valence electrons. The first-order valence-electron chi connectivity index (χ1n) is 5.26. The van der Waals surface area contributed by atoms with Crippen LogP contribution in [0.3, 0.4) is 0 Å². The van der Waals surface area contributed by atoms with Gasteiger partial charge in [0.1, 0.15) is 5.75 Å². The van der Waals surface area contributed by atoms with Gasteiger partial charge in [-0.15, -0.1) is 0 Å². The summed E-state index contributed by atoms with van der Waals surface area (Å²) in [6.07, 6.45) is 3.77. The lowest BCUT2D eigenvalue weighted by molar-refractivity contribution is 0.406. The Morgan fingerprint density at radius 3 is 2.76 bits per heavy atom. The van der Waals surface area contributed by atoms with Gasteiger partial charge in [0.05, 0.1) is 22.6 Å². The highest BCUT2D eigenvalue weighted by Gasteiger charge is 2.14. The molecule has 0 aliphatic carbocycles. The quantitative estimate of drug-likeness (QED) is 0.872. The summed E-state index contributed by atoms with van der Waals surface area (Å²) in [4.78, 5) is 0. The van der Waals surface area contributed by atoms with Crippen molar-refractivity contribution >= 4 is 22.6 Å². The van der Waals surface area contributed by atoms with Crippen molar-refractivity contribution in [3.05, 3.63) is 39.7 Å². The first-order chi connectivity index (χ1) is 8.13. The molecule has 2 N–H and O–H groups in total. The first-order valence-corrected chi connectivity index (χ1v) is 6.34. The first kappa shape index (κ1) is 12.4. The third-order valence-corrected chi connectivity index (χ3v) is 3.07. The van der Waals surface area contributed by atoms with E-state index in [4.69, 9.17) is 10.5 Å². The maximum absolute atomic E-state index is 6.01. The van der Waals surface area contributed by atoms with Crippen LogP contribution in [0.15, 0.2) is 30.6 Å². The van der Waals surface area contributed by atoms with E-state index in [2.05, 4.69) is 27.7 Å². The Morgan fingerprint density at radius 2 is 2.24 bits per heavy atom. The van der Waals surface area contributed by atoms with E-state index in [1.54, 1.807) is 7.11 Å². The van der Waals surface area contributed by atoms with Crippen molar-refractivity contribution in [1.29, 1.82) is 0 Å². The summed E-state index contributed by atoms with van der Waals surface area (Å²) in [5.74, 6) is 0.794. The van der Waals surface area contributed by atoms with E-state index >= 15 is 0 Å². The highest BCUT2D eigenvalue weighted by Crippen LogP contribution is 2.29. The number of halogens is 1. The molecular formula is C12H14IN3O. The molecule has 2 aromatic rings. The van der Waals surface area contributed by atoms with Crippen LogP contribution in [0.4, 0.5) is 0 Å². The molecule has 0 aliphatic heterocycles. The van der Waals surface area contributed by atoms with E-state index in [9.17, 15) is 0 Å². The van der Waals surface area contributed by atoms with Crippen LogP contribution in [0, 0.1) is 3.57 Å². The molecule has 0 aliphatic rings. The van der Waals surface area contributed by atoms with Gasteiger partial charge in [-0.25, -0.2) is 4.68 Å². The smallest absolute Gasteiger partial charge is 0.125 e. The normalized spacial score (nSPS) is 12.5. The lowest BCUT2D eigenvalue weighted by atomic mass is 10.1. The minimum atomic E-state index is -0.108. The summed E-state index contributed by atoms with van der Waals surface area (Å²) in [5, 5.41) is 4.30. The van der Waals surface area contributed by atoms with Gasteiger partial charge in [-0.2, -0.15) is 5.10 Å². The van der Waals surface area contributed by atoms with Crippen LogP contribution >= 0.6 is 22.6 Å². The molecule has 1 aromatic carbocycles. The molecule has 17 heavy (non-hydrogen) atoms. The van der Waals surface area contributed by atoms with E-state index in [0.717, 1.165) is 20.6 Å². The number of nitrogens with zero attached hydrogens (tertiary/aromatic N) is 2. The largest absolute Gasteiger partial charge is 0.496 e. The zero-order chi connectivity index (χ0) is 12.4. The third-order valence-electron chi connectivity index (χ3n) is 2.52. The van der Waals surface area contributed by atoms with E-state index in [0.29, 0.717) is 0 Å². The van der Waals surface area contributed by atoms with E-state index in [1.807, 2.05) is 42.2 Å². The molecule has 5 heteroatoms. The maximum Gasteiger partial charge on any atom is 0.125 e. The Balaban J connectivity index is 2.60. The number of ether oxygens (including phenoxy) is 1. The number of benzene rings is 1. The topological polar surface area (TPSA) is 53.1 Å². The Morgan fingerprint density at radius 1 is 1.47 bits per heavy atom. The fourth-order valence-corrected chi connectivity index (χ4v) is 2.19. The predicted molar refractivity (Wildman–Crippen MR) is 75.4 cm³/mol.